The van der Waals surface area contributed by atoms with Gasteiger partial charge in [-0.15, -0.1) is 0 Å². The molecule has 3 aromatic heterocycles. The van der Waals surface area contributed by atoms with Gasteiger partial charge in [0.2, 0.25) is 6.33 Å². The van der Waals surface area contributed by atoms with Crippen molar-refractivity contribution in [2.24, 2.45) is 0 Å². The minimum absolute atomic E-state index is 0.713. The molecular formula is C16H16N5O+. The highest BCUT2D eigenvalue weighted by atomic mass is 16.3. The Bertz CT molecular complexity index is 926. The molecule has 0 aliphatic heterocycles. The Hall–Kier alpha value is -2.89. The Labute approximate surface area is 126 Å². The molecule has 0 atom stereocenters. The summed E-state index contributed by atoms with van der Waals surface area (Å²) in [5.74, 6) is 1.48. The van der Waals surface area contributed by atoms with Crippen molar-refractivity contribution >= 4 is 27.9 Å². The molecule has 0 saturated carbocycles. The number of aromatic amines is 2. The lowest BCUT2D eigenvalue weighted by atomic mass is 10.2. The molecule has 6 nitrogen and oxygen atoms in total. The predicted molar refractivity (Wildman–Crippen MR) is 83.6 cm³/mol. The van der Waals surface area contributed by atoms with E-state index in [9.17, 15) is 0 Å². The van der Waals surface area contributed by atoms with Gasteiger partial charge in [0, 0.05) is 18.4 Å². The maximum absolute atomic E-state index is 5.92. The molecule has 0 saturated heterocycles. The molecule has 4 aromatic rings. The molecule has 0 fully saturated rings. The maximum atomic E-state index is 5.92. The second-order valence-electron chi connectivity index (χ2n) is 5.20. The molecular weight excluding hydrogens is 278 g/mol. The fourth-order valence-electron chi connectivity index (χ4n) is 2.60. The first-order valence-electron chi connectivity index (χ1n) is 7.24. The van der Waals surface area contributed by atoms with Crippen molar-refractivity contribution in [3.63, 3.8) is 0 Å². The van der Waals surface area contributed by atoms with Crippen LogP contribution in [0.1, 0.15) is 11.5 Å². The third-order valence-electron chi connectivity index (χ3n) is 3.62. The molecule has 0 bridgehead atoms. The number of nitrogens with zero attached hydrogens (tertiary/aromatic N) is 2. The molecule has 0 radical (unpaired) electrons. The van der Waals surface area contributed by atoms with Crippen LogP contribution in [0.2, 0.25) is 0 Å². The van der Waals surface area contributed by atoms with Gasteiger partial charge in [0.1, 0.15) is 28.8 Å². The number of rotatable bonds is 4. The third-order valence-corrected chi connectivity index (χ3v) is 3.62. The number of furan rings is 1. The fourth-order valence-corrected chi connectivity index (χ4v) is 2.60. The van der Waals surface area contributed by atoms with Crippen LogP contribution in [0.5, 0.6) is 0 Å². The lowest BCUT2D eigenvalue weighted by molar-refractivity contribution is -0.376. The van der Waals surface area contributed by atoms with Crippen LogP contribution in [0.25, 0.3) is 22.1 Å². The summed E-state index contributed by atoms with van der Waals surface area (Å²) in [7, 11) is 0. The molecule has 0 amide bonds. The van der Waals surface area contributed by atoms with Crippen LogP contribution in [0.3, 0.4) is 0 Å². The number of aromatic nitrogens is 4. The molecule has 0 unspecified atom stereocenters. The Morgan fingerprint density at radius 3 is 3.05 bits per heavy atom. The van der Waals surface area contributed by atoms with Crippen LogP contribution in [0, 0.1) is 6.92 Å². The Morgan fingerprint density at radius 1 is 1.27 bits per heavy atom. The summed E-state index contributed by atoms with van der Waals surface area (Å²) in [6, 6.07) is 7.92. The summed E-state index contributed by atoms with van der Waals surface area (Å²) >= 11 is 0. The van der Waals surface area contributed by atoms with Crippen LogP contribution < -0.4 is 10.3 Å². The van der Waals surface area contributed by atoms with Gasteiger partial charge in [-0.3, -0.25) is 4.98 Å². The molecule has 0 aliphatic rings. The topological polar surface area (TPSA) is 80.9 Å². The Morgan fingerprint density at radius 2 is 2.18 bits per heavy atom. The number of anilines is 1. The number of H-pyrrole nitrogens is 2. The smallest absolute Gasteiger partial charge is 0.239 e. The second kappa shape index (κ2) is 5.14. The summed E-state index contributed by atoms with van der Waals surface area (Å²) in [5, 5.41) is 4.37. The summed E-state index contributed by atoms with van der Waals surface area (Å²) < 4.78 is 5.92. The van der Waals surface area contributed by atoms with E-state index < -0.39 is 0 Å². The standard InChI is InChI=1S/C16H15N5O/c1-10-20-14-12-4-2-3-5-13(12)22-15(14)16(21-10)18-7-6-11-8-17-9-19-11/h2-5,8-9H,6-7H2,1H3,(H,17,19)(H,18,20,21)/p+1. The van der Waals surface area contributed by atoms with Crippen LogP contribution in [-0.4, -0.2) is 21.5 Å². The molecule has 22 heavy (non-hydrogen) atoms. The first-order valence-corrected chi connectivity index (χ1v) is 7.24. The second-order valence-corrected chi connectivity index (χ2v) is 5.20. The van der Waals surface area contributed by atoms with Crippen LogP contribution in [0.4, 0.5) is 5.82 Å². The van der Waals surface area contributed by atoms with Crippen molar-refractivity contribution in [3.05, 3.63) is 48.3 Å². The van der Waals surface area contributed by atoms with E-state index in [0.29, 0.717) is 5.58 Å². The highest BCUT2D eigenvalue weighted by molar-refractivity contribution is 6.05. The molecule has 0 aliphatic carbocycles. The summed E-state index contributed by atoms with van der Waals surface area (Å²) in [6.07, 6.45) is 4.62. The summed E-state index contributed by atoms with van der Waals surface area (Å²) in [5.41, 5.74) is 3.54. The lowest BCUT2D eigenvalue weighted by Gasteiger charge is -2.05. The molecule has 3 N–H and O–H groups in total. The molecule has 0 spiro atoms. The number of para-hydroxylation sites is 1. The van der Waals surface area contributed by atoms with E-state index in [4.69, 9.17) is 4.42 Å². The van der Waals surface area contributed by atoms with Gasteiger partial charge in [-0.05, 0) is 19.1 Å². The zero-order chi connectivity index (χ0) is 14.9. The van der Waals surface area contributed by atoms with Crippen molar-refractivity contribution < 1.29 is 9.40 Å². The highest BCUT2D eigenvalue weighted by Crippen LogP contribution is 2.30. The van der Waals surface area contributed by atoms with Gasteiger partial charge in [0.25, 0.3) is 0 Å². The normalized spacial score (nSPS) is 11.3. The molecule has 1 aromatic carbocycles. The van der Waals surface area contributed by atoms with Crippen molar-refractivity contribution in [2.75, 3.05) is 11.9 Å². The molecule has 3 heterocycles. The number of nitrogens with one attached hydrogen (secondary N) is 3. The van der Waals surface area contributed by atoms with Gasteiger partial charge < -0.3 is 9.73 Å². The first kappa shape index (κ1) is 12.8. The van der Waals surface area contributed by atoms with E-state index in [1.54, 1.807) is 0 Å². The number of hydrogen-bond acceptors (Lipinski definition) is 4. The molecule has 6 heteroatoms. The summed E-state index contributed by atoms with van der Waals surface area (Å²) in [4.78, 5) is 15.2. The quantitative estimate of drug-likeness (QED) is 0.606. The van der Waals surface area contributed by atoms with Gasteiger partial charge in [0.15, 0.2) is 11.4 Å². The predicted octanol–water partition coefficient (Wildman–Crippen LogP) is 2.48. The SMILES string of the molecule is Cc1nc(NCCc2c[nH+]c[nH]2)c2oc3ccccc3c2n1. The lowest BCUT2D eigenvalue weighted by Crippen LogP contribution is -2.08. The Kier molecular flexibility index (Phi) is 3.00. The average Bonchev–Trinajstić information content (AvgIpc) is 3.15. The fraction of sp³-hybridized carbons (Fsp3) is 0.188. The maximum Gasteiger partial charge on any atom is 0.239 e. The largest absolute Gasteiger partial charge is 0.450 e. The average molecular weight is 294 g/mol. The van der Waals surface area contributed by atoms with Crippen LogP contribution in [0.15, 0.2) is 41.2 Å². The van der Waals surface area contributed by atoms with Crippen LogP contribution in [-0.2, 0) is 6.42 Å². The molecule has 110 valence electrons. The number of benzene rings is 1. The van der Waals surface area contributed by atoms with Crippen molar-refractivity contribution in [2.45, 2.75) is 13.3 Å². The van der Waals surface area contributed by atoms with E-state index >= 15 is 0 Å². The minimum Gasteiger partial charge on any atom is -0.450 e. The highest BCUT2D eigenvalue weighted by Gasteiger charge is 2.14. The van der Waals surface area contributed by atoms with Crippen molar-refractivity contribution in [1.82, 2.24) is 15.0 Å². The van der Waals surface area contributed by atoms with Crippen molar-refractivity contribution in [3.8, 4) is 0 Å². The van der Waals surface area contributed by atoms with E-state index in [0.717, 1.165) is 46.8 Å². The van der Waals surface area contributed by atoms with Crippen LogP contribution >= 0.6 is 0 Å². The molecule has 4 rings (SSSR count). The van der Waals surface area contributed by atoms with E-state index in [-0.39, 0.29) is 0 Å². The Balaban J connectivity index is 1.70. The van der Waals surface area contributed by atoms with Gasteiger partial charge in [-0.1, -0.05) is 12.1 Å². The monoisotopic (exact) mass is 294 g/mol. The summed E-state index contributed by atoms with van der Waals surface area (Å²) in [6.45, 7) is 2.66. The number of aryl methyl sites for hydroxylation is 1. The zero-order valence-electron chi connectivity index (χ0n) is 12.2. The number of hydrogen-bond donors (Lipinski definition) is 2. The van der Waals surface area contributed by atoms with Gasteiger partial charge in [0.05, 0.1) is 0 Å². The van der Waals surface area contributed by atoms with E-state index in [2.05, 4.69) is 25.3 Å². The van der Waals surface area contributed by atoms with E-state index in [1.165, 1.54) is 0 Å². The van der Waals surface area contributed by atoms with E-state index in [1.807, 2.05) is 43.7 Å². The van der Waals surface area contributed by atoms with Gasteiger partial charge in [-0.2, -0.15) is 0 Å². The van der Waals surface area contributed by atoms with Gasteiger partial charge in [-0.25, -0.2) is 15.0 Å². The van der Waals surface area contributed by atoms with Crippen molar-refractivity contribution in [1.29, 1.82) is 0 Å². The number of imidazole rings is 1. The zero-order valence-corrected chi connectivity index (χ0v) is 12.2. The van der Waals surface area contributed by atoms with Gasteiger partial charge >= 0.3 is 0 Å². The number of fused-ring (bicyclic) bond motifs is 3. The first-order chi connectivity index (χ1) is 10.8. The third kappa shape index (κ3) is 2.18. The minimum atomic E-state index is 0.713.